The van der Waals surface area contributed by atoms with Gasteiger partial charge in [0.05, 0.1) is 11.4 Å². The Hall–Kier alpha value is -3.31. The highest BCUT2D eigenvalue weighted by Crippen LogP contribution is 2.21. The lowest BCUT2D eigenvalue weighted by Crippen LogP contribution is -2.56. The van der Waals surface area contributed by atoms with Gasteiger partial charge in [-0.2, -0.15) is 23.4 Å². The zero-order valence-corrected chi connectivity index (χ0v) is 18.1. The molecule has 8 nitrogen and oxygen atoms in total. The number of carboxylic acids is 1. The number of aromatic nitrogens is 3. The molecule has 1 saturated heterocycles. The fourth-order valence-corrected chi connectivity index (χ4v) is 3.52. The number of fused-ring (bicyclic) bond motifs is 1. The summed E-state index contributed by atoms with van der Waals surface area (Å²) in [5.74, 6) is -2.76. The molecule has 3 heterocycles. The minimum absolute atomic E-state index is 0.0921. The Kier molecular flexibility index (Phi) is 7.13. The van der Waals surface area contributed by atoms with E-state index >= 15 is 0 Å². The molecule has 11 heteroatoms. The van der Waals surface area contributed by atoms with E-state index in [-0.39, 0.29) is 11.1 Å². The quantitative estimate of drug-likeness (QED) is 0.548. The van der Waals surface area contributed by atoms with E-state index in [0.29, 0.717) is 0 Å². The first kappa shape index (κ1) is 24.3. The molecule has 3 aromatic rings. The number of rotatable bonds is 3. The number of alkyl halides is 3. The summed E-state index contributed by atoms with van der Waals surface area (Å²) >= 11 is 0. The van der Waals surface area contributed by atoms with E-state index in [1.165, 1.54) is 6.07 Å². The number of carboxylic acid groups (broad SMARTS) is 1. The van der Waals surface area contributed by atoms with E-state index in [4.69, 9.17) is 9.90 Å². The Morgan fingerprint density at radius 2 is 1.88 bits per heavy atom. The van der Waals surface area contributed by atoms with Crippen molar-refractivity contribution in [3.05, 3.63) is 58.5 Å². The second-order valence-electron chi connectivity index (χ2n) is 8.36. The summed E-state index contributed by atoms with van der Waals surface area (Å²) in [6, 6.07) is 13.3. The second kappa shape index (κ2) is 9.67. The van der Waals surface area contributed by atoms with Crippen molar-refractivity contribution in [2.45, 2.75) is 32.1 Å². The highest BCUT2D eigenvalue weighted by Gasteiger charge is 2.38. The Balaban J connectivity index is 0.000000383. The smallest absolute Gasteiger partial charge is 0.475 e. The summed E-state index contributed by atoms with van der Waals surface area (Å²) in [5.41, 5.74) is 3.68. The number of pyridine rings is 1. The topological polar surface area (TPSA) is 111 Å². The molecule has 0 saturated carbocycles. The number of H-pyrrole nitrogens is 1. The Morgan fingerprint density at radius 3 is 2.48 bits per heavy atom. The van der Waals surface area contributed by atoms with Crippen molar-refractivity contribution in [1.82, 2.24) is 25.4 Å². The number of halogens is 3. The Labute approximate surface area is 187 Å². The van der Waals surface area contributed by atoms with Gasteiger partial charge in [-0.1, -0.05) is 6.07 Å². The van der Waals surface area contributed by atoms with E-state index in [1.54, 1.807) is 0 Å². The van der Waals surface area contributed by atoms with Crippen LogP contribution in [0.3, 0.4) is 0 Å². The molecule has 2 aromatic heterocycles. The van der Waals surface area contributed by atoms with E-state index in [1.807, 2.05) is 30.3 Å². The van der Waals surface area contributed by atoms with Crippen molar-refractivity contribution >= 4 is 16.9 Å². The van der Waals surface area contributed by atoms with Gasteiger partial charge in [0, 0.05) is 48.9 Å². The highest BCUT2D eigenvalue weighted by atomic mass is 19.4. The van der Waals surface area contributed by atoms with Crippen molar-refractivity contribution in [3.63, 3.8) is 0 Å². The van der Waals surface area contributed by atoms with Gasteiger partial charge in [0.25, 0.3) is 0 Å². The minimum Gasteiger partial charge on any atom is -0.475 e. The summed E-state index contributed by atoms with van der Waals surface area (Å²) in [7, 11) is 0. The molecule has 33 heavy (non-hydrogen) atoms. The predicted octanol–water partition coefficient (Wildman–Crippen LogP) is 2.80. The van der Waals surface area contributed by atoms with Crippen LogP contribution in [-0.4, -0.2) is 62.5 Å². The van der Waals surface area contributed by atoms with Gasteiger partial charge < -0.3 is 15.4 Å². The number of hydrogen-bond acceptors (Lipinski definition) is 6. The molecule has 1 aliphatic rings. The van der Waals surface area contributed by atoms with Crippen LogP contribution in [0.4, 0.5) is 13.2 Å². The third-order valence-corrected chi connectivity index (χ3v) is 5.02. The number of aliphatic carboxylic acids is 1. The number of nitrogens with one attached hydrogen (secondary N) is 2. The van der Waals surface area contributed by atoms with Crippen molar-refractivity contribution in [1.29, 1.82) is 0 Å². The molecule has 1 aromatic carbocycles. The van der Waals surface area contributed by atoms with Gasteiger partial charge in [0.1, 0.15) is 0 Å². The Morgan fingerprint density at radius 1 is 1.15 bits per heavy atom. The van der Waals surface area contributed by atoms with Gasteiger partial charge >= 0.3 is 12.1 Å². The van der Waals surface area contributed by atoms with Crippen LogP contribution >= 0.6 is 0 Å². The summed E-state index contributed by atoms with van der Waals surface area (Å²) in [6.45, 7) is 8.28. The van der Waals surface area contributed by atoms with Crippen LogP contribution in [0.1, 0.15) is 19.5 Å². The summed E-state index contributed by atoms with van der Waals surface area (Å²) in [4.78, 5) is 25.5. The average molecular weight is 463 g/mol. The van der Waals surface area contributed by atoms with Crippen LogP contribution in [0, 0.1) is 0 Å². The van der Waals surface area contributed by atoms with Crippen LogP contribution in [0.15, 0.2) is 47.3 Å². The number of piperazine rings is 1. The SMILES string of the molecule is CC1(C)CN(Cc2ccc(-c3ccc4[nH]c(=O)ccc4c3)nn2)CCN1.O=C(O)C(F)(F)F. The lowest BCUT2D eigenvalue weighted by atomic mass is 10.0. The lowest BCUT2D eigenvalue weighted by molar-refractivity contribution is -0.192. The van der Waals surface area contributed by atoms with Gasteiger partial charge in [0.15, 0.2) is 0 Å². The second-order valence-corrected chi connectivity index (χ2v) is 8.36. The Bertz CT molecular complexity index is 1180. The number of aromatic amines is 1. The third kappa shape index (κ3) is 6.83. The summed E-state index contributed by atoms with van der Waals surface area (Å²) in [6.07, 6.45) is -5.08. The van der Waals surface area contributed by atoms with E-state index in [0.717, 1.165) is 54.0 Å². The number of benzene rings is 1. The molecule has 0 spiro atoms. The van der Waals surface area contributed by atoms with Crippen LogP contribution in [0.2, 0.25) is 0 Å². The highest BCUT2D eigenvalue weighted by molar-refractivity contribution is 5.83. The first-order valence-corrected chi connectivity index (χ1v) is 10.2. The van der Waals surface area contributed by atoms with Crippen LogP contribution in [0.5, 0.6) is 0 Å². The lowest BCUT2D eigenvalue weighted by Gasteiger charge is -2.38. The van der Waals surface area contributed by atoms with Gasteiger partial charge in [-0.05, 0) is 49.6 Å². The summed E-state index contributed by atoms with van der Waals surface area (Å²) in [5, 5.41) is 20.5. The van der Waals surface area contributed by atoms with Gasteiger partial charge in [-0.25, -0.2) is 4.79 Å². The fraction of sp³-hybridized carbons (Fsp3) is 0.364. The molecule has 0 bridgehead atoms. The van der Waals surface area contributed by atoms with Crippen LogP contribution < -0.4 is 10.9 Å². The molecule has 1 fully saturated rings. The van der Waals surface area contributed by atoms with Crippen molar-refractivity contribution in [3.8, 4) is 11.3 Å². The summed E-state index contributed by atoms with van der Waals surface area (Å²) < 4.78 is 31.7. The zero-order valence-electron chi connectivity index (χ0n) is 18.1. The number of nitrogens with zero attached hydrogens (tertiary/aromatic N) is 3. The molecule has 176 valence electrons. The normalized spacial score (nSPS) is 16.2. The van der Waals surface area contributed by atoms with Crippen LogP contribution in [0.25, 0.3) is 22.2 Å². The maximum absolute atomic E-state index is 11.4. The first-order chi connectivity index (χ1) is 15.4. The van der Waals surface area contributed by atoms with E-state index < -0.39 is 12.1 Å². The monoisotopic (exact) mass is 463 g/mol. The molecule has 0 atom stereocenters. The third-order valence-electron chi connectivity index (χ3n) is 5.02. The maximum atomic E-state index is 11.4. The number of hydrogen-bond donors (Lipinski definition) is 3. The van der Waals surface area contributed by atoms with Crippen molar-refractivity contribution < 1.29 is 23.1 Å². The van der Waals surface area contributed by atoms with Crippen molar-refractivity contribution in [2.24, 2.45) is 0 Å². The van der Waals surface area contributed by atoms with Crippen LogP contribution in [-0.2, 0) is 11.3 Å². The van der Waals surface area contributed by atoms with Gasteiger partial charge in [0.2, 0.25) is 5.56 Å². The predicted molar refractivity (Wildman–Crippen MR) is 117 cm³/mol. The van der Waals surface area contributed by atoms with E-state index in [2.05, 4.69) is 45.3 Å². The van der Waals surface area contributed by atoms with Crippen molar-refractivity contribution in [2.75, 3.05) is 19.6 Å². The maximum Gasteiger partial charge on any atom is 0.490 e. The van der Waals surface area contributed by atoms with Gasteiger partial charge in [-0.15, -0.1) is 0 Å². The molecular formula is C22H24F3N5O3. The molecular weight excluding hydrogens is 439 g/mol. The standard InChI is InChI=1S/C20H23N5O.C2HF3O2/c1-20(2)13-25(10-9-21-20)12-16-5-7-18(24-23-16)15-3-6-17-14(11-15)4-8-19(26)22-17;3-2(4,5)1(6)7/h3-8,11,21H,9-10,12-13H2,1-2H3,(H,22,26);(H,6,7). The molecule has 0 unspecified atom stereocenters. The molecule has 0 aliphatic carbocycles. The minimum atomic E-state index is -5.08. The molecule has 3 N–H and O–H groups in total. The fourth-order valence-electron chi connectivity index (χ4n) is 3.52. The first-order valence-electron chi connectivity index (χ1n) is 10.2. The molecule has 4 rings (SSSR count). The average Bonchev–Trinajstić information content (AvgIpc) is 2.73. The molecule has 0 radical (unpaired) electrons. The van der Waals surface area contributed by atoms with E-state index in [9.17, 15) is 18.0 Å². The number of carbonyl (C=O) groups is 1. The molecule has 0 amide bonds. The van der Waals surface area contributed by atoms with Gasteiger partial charge in [-0.3, -0.25) is 9.69 Å². The molecule has 1 aliphatic heterocycles. The zero-order chi connectivity index (χ0) is 24.2. The largest absolute Gasteiger partial charge is 0.490 e.